The first-order valence-electron chi connectivity index (χ1n) is 12.5. The third kappa shape index (κ3) is 6.49. The third-order valence-corrected chi connectivity index (χ3v) is 7.12. The van der Waals surface area contributed by atoms with Crippen molar-refractivity contribution in [3.63, 3.8) is 0 Å². The number of carbonyl (C=O) groups excluding carboxylic acids is 2. The van der Waals surface area contributed by atoms with Gasteiger partial charge in [0.05, 0.1) is 0 Å². The van der Waals surface area contributed by atoms with Crippen LogP contribution >= 0.6 is 0 Å². The summed E-state index contributed by atoms with van der Waals surface area (Å²) in [5, 5.41) is 3.09. The zero-order valence-corrected chi connectivity index (χ0v) is 20.1. The largest absolute Gasteiger partial charge is 0.445 e. The van der Waals surface area contributed by atoms with E-state index >= 15 is 0 Å². The summed E-state index contributed by atoms with van der Waals surface area (Å²) in [6.07, 6.45) is 9.38. The van der Waals surface area contributed by atoms with Gasteiger partial charge in [-0.25, -0.2) is 9.78 Å². The van der Waals surface area contributed by atoms with Gasteiger partial charge in [0.2, 0.25) is 0 Å². The highest BCUT2D eigenvalue weighted by Crippen LogP contribution is 2.25. The fraction of sp³-hybridized carbons (Fsp3) is 0.519. The minimum atomic E-state index is -0.266. The molecule has 1 aromatic carbocycles. The maximum absolute atomic E-state index is 12.8. The van der Waals surface area contributed by atoms with Gasteiger partial charge in [0.25, 0.3) is 5.91 Å². The summed E-state index contributed by atoms with van der Waals surface area (Å²) in [5.41, 5.74) is 1.63. The van der Waals surface area contributed by atoms with Crippen LogP contribution in [0.5, 0.6) is 0 Å². The van der Waals surface area contributed by atoms with E-state index in [0.717, 1.165) is 24.2 Å². The van der Waals surface area contributed by atoms with Crippen molar-refractivity contribution >= 4 is 17.8 Å². The molecule has 1 aromatic heterocycles. The van der Waals surface area contributed by atoms with E-state index < -0.39 is 0 Å². The predicted octanol–water partition coefficient (Wildman–Crippen LogP) is 4.63. The van der Waals surface area contributed by atoms with E-state index in [4.69, 9.17) is 4.74 Å². The topological polar surface area (TPSA) is 74.8 Å². The Hall–Kier alpha value is -3.09. The van der Waals surface area contributed by atoms with Crippen LogP contribution in [0.4, 0.5) is 10.6 Å². The number of amides is 2. The third-order valence-electron chi connectivity index (χ3n) is 7.12. The van der Waals surface area contributed by atoms with Crippen molar-refractivity contribution in [3.8, 4) is 0 Å². The second-order valence-electron chi connectivity index (χ2n) is 9.49. The average molecular weight is 465 g/mol. The Balaban J connectivity index is 1.20. The molecule has 2 heterocycles. The number of rotatable bonds is 7. The van der Waals surface area contributed by atoms with Crippen LogP contribution in [0.25, 0.3) is 0 Å². The van der Waals surface area contributed by atoms with Gasteiger partial charge in [-0.3, -0.25) is 4.79 Å². The standard InChI is InChI=1S/C27H36N4O3/c1-30(24-10-6-3-7-11-24)25-18-23(12-15-28-25)26(32)29-19-21-13-16-31(17-14-21)27(33)34-20-22-8-4-2-5-9-22/h2,4-5,8-9,12,15,18,21,24H,3,6-7,10-11,13-14,16-17,19-20H2,1H3,(H,29,32). The Kier molecular flexibility index (Phi) is 8.39. The summed E-state index contributed by atoms with van der Waals surface area (Å²) in [5.74, 6) is 1.15. The molecule has 1 aliphatic heterocycles. The van der Waals surface area contributed by atoms with Gasteiger partial charge in [-0.1, -0.05) is 49.6 Å². The van der Waals surface area contributed by atoms with Gasteiger partial charge in [0.15, 0.2) is 0 Å². The van der Waals surface area contributed by atoms with E-state index in [1.54, 1.807) is 17.2 Å². The summed E-state index contributed by atoms with van der Waals surface area (Å²) < 4.78 is 5.44. The van der Waals surface area contributed by atoms with Crippen molar-refractivity contribution in [2.75, 3.05) is 31.6 Å². The Morgan fingerprint density at radius 3 is 2.53 bits per heavy atom. The Labute approximate surface area is 202 Å². The molecule has 1 N–H and O–H groups in total. The van der Waals surface area contributed by atoms with Crippen LogP contribution in [-0.4, -0.2) is 54.6 Å². The summed E-state index contributed by atoms with van der Waals surface area (Å²) in [6, 6.07) is 13.9. The van der Waals surface area contributed by atoms with Gasteiger partial charge in [0, 0.05) is 44.5 Å². The lowest BCUT2D eigenvalue weighted by Gasteiger charge is -2.32. The van der Waals surface area contributed by atoms with Gasteiger partial charge in [-0.05, 0) is 49.3 Å². The molecule has 1 saturated heterocycles. The first-order valence-corrected chi connectivity index (χ1v) is 12.5. The number of pyridine rings is 1. The molecule has 0 bridgehead atoms. The highest BCUT2D eigenvalue weighted by Gasteiger charge is 2.25. The molecule has 7 nitrogen and oxygen atoms in total. The van der Waals surface area contributed by atoms with Crippen molar-refractivity contribution in [1.82, 2.24) is 15.2 Å². The van der Waals surface area contributed by atoms with E-state index in [-0.39, 0.29) is 12.0 Å². The van der Waals surface area contributed by atoms with Gasteiger partial charge in [-0.15, -0.1) is 0 Å². The van der Waals surface area contributed by atoms with Crippen molar-refractivity contribution in [2.24, 2.45) is 5.92 Å². The van der Waals surface area contributed by atoms with E-state index in [9.17, 15) is 9.59 Å². The van der Waals surface area contributed by atoms with E-state index in [1.807, 2.05) is 36.4 Å². The van der Waals surface area contributed by atoms with E-state index in [2.05, 4.69) is 22.2 Å². The van der Waals surface area contributed by atoms with Crippen molar-refractivity contribution in [2.45, 2.75) is 57.6 Å². The van der Waals surface area contributed by atoms with Gasteiger partial charge >= 0.3 is 6.09 Å². The zero-order chi connectivity index (χ0) is 23.8. The average Bonchev–Trinajstić information content (AvgIpc) is 2.91. The lowest BCUT2D eigenvalue weighted by atomic mass is 9.94. The summed E-state index contributed by atoms with van der Waals surface area (Å²) in [4.78, 5) is 33.6. The number of nitrogens with zero attached hydrogens (tertiary/aromatic N) is 3. The van der Waals surface area contributed by atoms with Crippen LogP contribution in [0.3, 0.4) is 0 Å². The molecule has 2 fully saturated rings. The molecular formula is C27H36N4O3. The minimum absolute atomic E-state index is 0.0644. The molecule has 2 amide bonds. The number of aromatic nitrogens is 1. The van der Waals surface area contributed by atoms with E-state index in [0.29, 0.717) is 43.8 Å². The molecule has 2 aliphatic rings. The molecule has 34 heavy (non-hydrogen) atoms. The molecule has 0 atom stereocenters. The number of nitrogens with one attached hydrogen (secondary N) is 1. The highest BCUT2D eigenvalue weighted by atomic mass is 16.6. The Morgan fingerprint density at radius 2 is 1.79 bits per heavy atom. The fourth-order valence-electron chi connectivity index (χ4n) is 4.88. The van der Waals surface area contributed by atoms with Crippen LogP contribution in [0.15, 0.2) is 48.7 Å². The zero-order valence-electron chi connectivity index (χ0n) is 20.1. The number of ether oxygens (including phenoxy) is 1. The van der Waals surface area contributed by atoms with Gasteiger partial charge in [-0.2, -0.15) is 0 Å². The predicted molar refractivity (Wildman–Crippen MR) is 133 cm³/mol. The van der Waals surface area contributed by atoms with Crippen molar-refractivity contribution in [1.29, 1.82) is 0 Å². The van der Waals surface area contributed by atoms with Crippen LogP contribution in [0, 0.1) is 5.92 Å². The molecule has 182 valence electrons. The second-order valence-corrected chi connectivity index (χ2v) is 9.49. The van der Waals surface area contributed by atoms with Crippen molar-refractivity contribution in [3.05, 3.63) is 59.8 Å². The number of hydrogen-bond donors (Lipinski definition) is 1. The number of carbonyl (C=O) groups is 2. The second kappa shape index (κ2) is 11.9. The van der Waals surface area contributed by atoms with Crippen LogP contribution in [0.1, 0.15) is 60.9 Å². The molecule has 0 unspecified atom stereocenters. The number of benzene rings is 1. The lowest BCUT2D eigenvalue weighted by Crippen LogP contribution is -2.41. The quantitative estimate of drug-likeness (QED) is 0.647. The van der Waals surface area contributed by atoms with Crippen LogP contribution in [0.2, 0.25) is 0 Å². The lowest BCUT2D eigenvalue weighted by molar-refractivity contribution is 0.0801. The monoisotopic (exact) mass is 464 g/mol. The first-order chi connectivity index (χ1) is 16.6. The Bertz CT molecular complexity index is 938. The number of piperidine rings is 1. The molecule has 7 heteroatoms. The maximum Gasteiger partial charge on any atom is 0.410 e. The SMILES string of the molecule is CN(c1cc(C(=O)NCC2CCN(C(=O)OCc3ccccc3)CC2)ccn1)C1CCCCC1. The molecule has 2 aromatic rings. The minimum Gasteiger partial charge on any atom is -0.445 e. The fourth-order valence-corrected chi connectivity index (χ4v) is 4.88. The first kappa shape index (κ1) is 24.0. The summed E-state index contributed by atoms with van der Waals surface area (Å²) in [7, 11) is 2.08. The summed E-state index contributed by atoms with van der Waals surface area (Å²) >= 11 is 0. The smallest absolute Gasteiger partial charge is 0.410 e. The molecule has 1 saturated carbocycles. The van der Waals surface area contributed by atoms with Crippen LogP contribution in [-0.2, 0) is 11.3 Å². The number of hydrogen-bond acceptors (Lipinski definition) is 5. The molecule has 4 rings (SSSR count). The normalized spacial score (nSPS) is 17.3. The molecular weight excluding hydrogens is 428 g/mol. The summed E-state index contributed by atoms with van der Waals surface area (Å²) in [6.45, 7) is 2.21. The van der Waals surface area contributed by atoms with Crippen molar-refractivity contribution < 1.29 is 14.3 Å². The highest BCUT2D eigenvalue weighted by molar-refractivity contribution is 5.94. The van der Waals surface area contributed by atoms with Crippen LogP contribution < -0.4 is 10.2 Å². The van der Waals surface area contributed by atoms with E-state index in [1.165, 1.54) is 32.1 Å². The van der Waals surface area contributed by atoms with Gasteiger partial charge in [0.1, 0.15) is 12.4 Å². The molecule has 1 aliphatic carbocycles. The molecule has 0 radical (unpaired) electrons. The van der Waals surface area contributed by atoms with Gasteiger partial charge < -0.3 is 19.9 Å². The maximum atomic E-state index is 12.8. The molecule has 0 spiro atoms. The number of likely N-dealkylation sites (tertiary alicyclic amines) is 1. The number of anilines is 1. The Morgan fingerprint density at radius 1 is 1.06 bits per heavy atom.